The zero-order valence-corrected chi connectivity index (χ0v) is 11.3. The summed E-state index contributed by atoms with van der Waals surface area (Å²) in [6.07, 6.45) is 1.51. The maximum Gasteiger partial charge on any atom is 0.253 e. The van der Waals surface area contributed by atoms with Crippen LogP contribution in [0.25, 0.3) is 0 Å². The number of anilines is 1. The number of nitrogens with one attached hydrogen (secondary N) is 2. The number of amides is 1. The molecule has 0 radical (unpaired) electrons. The van der Waals surface area contributed by atoms with Crippen molar-refractivity contribution >= 4 is 24.0 Å². The van der Waals surface area contributed by atoms with Crippen LogP contribution in [-0.2, 0) is 16.1 Å². The molecule has 100 valence electrons. The molecular weight excluding hydrogens is 252 g/mol. The molecular formula is C13H19ClN2O2. The molecule has 1 unspecified atom stereocenters. The van der Waals surface area contributed by atoms with Gasteiger partial charge in [-0.2, -0.15) is 0 Å². The fraction of sp³-hybridized carbons (Fsp3) is 0.462. The quantitative estimate of drug-likeness (QED) is 0.879. The molecule has 0 aliphatic carbocycles. The molecule has 0 saturated carbocycles. The molecule has 2 rings (SSSR count). The molecule has 1 aromatic carbocycles. The van der Waals surface area contributed by atoms with Crippen LogP contribution in [0.15, 0.2) is 24.3 Å². The zero-order chi connectivity index (χ0) is 12.1. The van der Waals surface area contributed by atoms with Crippen molar-refractivity contribution in [1.29, 1.82) is 0 Å². The van der Waals surface area contributed by atoms with Crippen LogP contribution >= 0.6 is 12.4 Å². The van der Waals surface area contributed by atoms with E-state index in [-0.39, 0.29) is 24.4 Å². The van der Waals surface area contributed by atoms with Gasteiger partial charge in [0.25, 0.3) is 5.91 Å². The van der Waals surface area contributed by atoms with E-state index in [0.29, 0.717) is 6.61 Å². The van der Waals surface area contributed by atoms with Crippen LogP contribution in [0.4, 0.5) is 5.69 Å². The van der Waals surface area contributed by atoms with Gasteiger partial charge in [0.2, 0.25) is 0 Å². The summed E-state index contributed by atoms with van der Waals surface area (Å²) in [5.41, 5.74) is 1.95. The first kappa shape index (κ1) is 15.0. The summed E-state index contributed by atoms with van der Waals surface area (Å²) in [6, 6.07) is 7.81. The topological polar surface area (TPSA) is 50.4 Å². The zero-order valence-electron chi connectivity index (χ0n) is 10.4. The summed E-state index contributed by atoms with van der Waals surface area (Å²) in [7, 11) is 1.89. The molecule has 1 fully saturated rings. The van der Waals surface area contributed by atoms with E-state index in [1.54, 1.807) is 0 Å². The van der Waals surface area contributed by atoms with Gasteiger partial charge < -0.3 is 15.4 Å². The van der Waals surface area contributed by atoms with Crippen molar-refractivity contribution in [3.05, 3.63) is 29.8 Å². The number of rotatable bonds is 4. The van der Waals surface area contributed by atoms with E-state index in [0.717, 1.165) is 30.6 Å². The predicted molar refractivity (Wildman–Crippen MR) is 74.1 cm³/mol. The molecule has 0 aromatic heterocycles. The summed E-state index contributed by atoms with van der Waals surface area (Å²) >= 11 is 0. The molecule has 1 aromatic rings. The van der Waals surface area contributed by atoms with Crippen molar-refractivity contribution in [3.63, 3.8) is 0 Å². The first-order chi connectivity index (χ1) is 8.31. The Labute approximate surface area is 114 Å². The minimum Gasteiger partial charge on any atom is -0.368 e. The third kappa shape index (κ3) is 3.70. The maximum absolute atomic E-state index is 11.9. The molecule has 5 heteroatoms. The summed E-state index contributed by atoms with van der Waals surface area (Å²) in [4.78, 5) is 11.9. The standard InChI is InChI=1S/C13H18N2O2.ClH/c1-14-9-10-5-2-3-6-11(10)15-13(16)12-7-4-8-17-12;/h2-3,5-6,12,14H,4,7-9H2,1H3,(H,15,16);1H. The summed E-state index contributed by atoms with van der Waals surface area (Å²) in [5.74, 6) is -0.0361. The number of hydrogen-bond acceptors (Lipinski definition) is 3. The van der Waals surface area contributed by atoms with E-state index >= 15 is 0 Å². The van der Waals surface area contributed by atoms with Gasteiger partial charge in [-0.1, -0.05) is 18.2 Å². The van der Waals surface area contributed by atoms with Crippen molar-refractivity contribution in [2.24, 2.45) is 0 Å². The highest BCUT2D eigenvalue weighted by molar-refractivity contribution is 5.94. The number of halogens is 1. The monoisotopic (exact) mass is 270 g/mol. The average Bonchev–Trinajstić information content (AvgIpc) is 2.85. The fourth-order valence-electron chi connectivity index (χ4n) is 1.98. The molecule has 4 nitrogen and oxygen atoms in total. The second kappa shape index (κ2) is 7.36. The van der Waals surface area contributed by atoms with Gasteiger partial charge in [-0.15, -0.1) is 12.4 Å². The van der Waals surface area contributed by atoms with Crippen LogP contribution in [0, 0.1) is 0 Å². The molecule has 0 spiro atoms. The van der Waals surface area contributed by atoms with Crippen molar-refractivity contribution in [3.8, 4) is 0 Å². The van der Waals surface area contributed by atoms with E-state index in [1.807, 2.05) is 31.3 Å². The Kier molecular flexibility index (Phi) is 6.12. The van der Waals surface area contributed by atoms with Gasteiger partial charge in [0.1, 0.15) is 6.10 Å². The first-order valence-corrected chi connectivity index (χ1v) is 5.96. The maximum atomic E-state index is 11.9. The van der Waals surface area contributed by atoms with Gasteiger partial charge in [0.15, 0.2) is 0 Å². The summed E-state index contributed by atoms with van der Waals surface area (Å²) in [5, 5.41) is 6.02. The third-order valence-electron chi connectivity index (χ3n) is 2.86. The van der Waals surface area contributed by atoms with Gasteiger partial charge in [0.05, 0.1) is 0 Å². The van der Waals surface area contributed by atoms with Crippen molar-refractivity contribution in [2.75, 3.05) is 19.0 Å². The van der Waals surface area contributed by atoms with Crippen LogP contribution in [-0.4, -0.2) is 25.7 Å². The van der Waals surface area contributed by atoms with Gasteiger partial charge in [-0.05, 0) is 31.5 Å². The lowest BCUT2D eigenvalue weighted by Gasteiger charge is -2.13. The second-order valence-corrected chi connectivity index (χ2v) is 4.18. The van der Waals surface area contributed by atoms with Gasteiger partial charge in [-0.3, -0.25) is 4.79 Å². The molecule has 1 aliphatic rings. The lowest BCUT2D eigenvalue weighted by molar-refractivity contribution is -0.124. The van der Waals surface area contributed by atoms with E-state index in [9.17, 15) is 4.79 Å². The Morgan fingerprint density at radius 1 is 1.44 bits per heavy atom. The van der Waals surface area contributed by atoms with Crippen LogP contribution in [0.1, 0.15) is 18.4 Å². The Balaban J connectivity index is 0.00000162. The summed E-state index contributed by atoms with van der Waals surface area (Å²) in [6.45, 7) is 1.43. The number of carbonyl (C=O) groups excluding carboxylic acids is 1. The van der Waals surface area contributed by atoms with Crippen LogP contribution < -0.4 is 10.6 Å². The third-order valence-corrected chi connectivity index (χ3v) is 2.86. The van der Waals surface area contributed by atoms with Crippen molar-refractivity contribution in [1.82, 2.24) is 5.32 Å². The van der Waals surface area contributed by atoms with E-state index < -0.39 is 0 Å². The Morgan fingerprint density at radius 3 is 2.89 bits per heavy atom. The van der Waals surface area contributed by atoms with Gasteiger partial charge in [-0.25, -0.2) is 0 Å². The van der Waals surface area contributed by atoms with Crippen LogP contribution in [0.2, 0.25) is 0 Å². The van der Waals surface area contributed by atoms with Crippen molar-refractivity contribution in [2.45, 2.75) is 25.5 Å². The largest absolute Gasteiger partial charge is 0.368 e. The Hall–Kier alpha value is -1.10. The highest BCUT2D eigenvalue weighted by Crippen LogP contribution is 2.18. The average molecular weight is 271 g/mol. The molecule has 1 saturated heterocycles. The lowest BCUT2D eigenvalue weighted by atomic mass is 10.1. The SMILES string of the molecule is CNCc1ccccc1NC(=O)C1CCCO1.Cl. The van der Waals surface area contributed by atoms with Crippen LogP contribution in [0.3, 0.4) is 0 Å². The molecule has 2 N–H and O–H groups in total. The van der Waals surface area contributed by atoms with E-state index in [4.69, 9.17) is 4.74 Å². The highest BCUT2D eigenvalue weighted by Gasteiger charge is 2.23. The molecule has 1 heterocycles. The van der Waals surface area contributed by atoms with Crippen LogP contribution in [0.5, 0.6) is 0 Å². The van der Waals surface area contributed by atoms with Gasteiger partial charge in [0, 0.05) is 18.8 Å². The number of ether oxygens (including phenoxy) is 1. The van der Waals surface area contributed by atoms with E-state index in [1.165, 1.54) is 0 Å². The Morgan fingerprint density at radius 2 is 2.22 bits per heavy atom. The first-order valence-electron chi connectivity index (χ1n) is 5.96. The Bertz CT molecular complexity index is 392. The molecule has 0 bridgehead atoms. The fourth-order valence-corrected chi connectivity index (χ4v) is 1.98. The number of para-hydroxylation sites is 1. The second-order valence-electron chi connectivity index (χ2n) is 4.18. The minimum atomic E-state index is -0.280. The smallest absolute Gasteiger partial charge is 0.253 e. The number of benzene rings is 1. The lowest BCUT2D eigenvalue weighted by Crippen LogP contribution is -2.27. The van der Waals surface area contributed by atoms with Gasteiger partial charge >= 0.3 is 0 Å². The van der Waals surface area contributed by atoms with E-state index in [2.05, 4.69) is 10.6 Å². The molecule has 1 amide bonds. The van der Waals surface area contributed by atoms with Crippen molar-refractivity contribution < 1.29 is 9.53 Å². The highest BCUT2D eigenvalue weighted by atomic mass is 35.5. The number of carbonyl (C=O) groups is 1. The number of hydrogen-bond donors (Lipinski definition) is 2. The normalized spacial score (nSPS) is 18.2. The predicted octanol–water partition coefficient (Wildman–Crippen LogP) is 1.95. The molecule has 1 aliphatic heterocycles. The molecule has 18 heavy (non-hydrogen) atoms. The summed E-state index contributed by atoms with van der Waals surface area (Å²) < 4.78 is 5.36. The minimum absolute atomic E-state index is 0. The molecule has 1 atom stereocenters.